The van der Waals surface area contributed by atoms with Crippen molar-refractivity contribution in [1.82, 2.24) is 25.8 Å². The number of nitrogens with one attached hydrogen (secondary N) is 3. The maximum atomic E-state index is 11.7. The van der Waals surface area contributed by atoms with Gasteiger partial charge in [0.25, 0.3) is 5.91 Å². The molecule has 0 radical (unpaired) electrons. The minimum Gasteiger partial charge on any atom is -0.356 e. The van der Waals surface area contributed by atoms with Gasteiger partial charge in [-0.25, -0.2) is 0 Å². The van der Waals surface area contributed by atoms with Crippen LogP contribution in [0.4, 0.5) is 0 Å². The van der Waals surface area contributed by atoms with Gasteiger partial charge in [0.15, 0.2) is 5.96 Å². The first-order chi connectivity index (χ1) is 13.6. The number of guanidine groups is 1. The Morgan fingerprint density at radius 1 is 1.10 bits per heavy atom. The molecule has 8 heteroatoms. The van der Waals surface area contributed by atoms with Gasteiger partial charge in [0.1, 0.15) is 0 Å². The van der Waals surface area contributed by atoms with Crippen molar-refractivity contribution >= 4 is 35.8 Å². The molecule has 1 aromatic rings. The number of hydrogen-bond acceptors (Lipinski definition) is 4. The van der Waals surface area contributed by atoms with E-state index in [0.717, 1.165) is 37.5 Å². The number of hydrogen-bond donors (Lipinski definition) is 3. The van der Waals surface area contributed by atoms with E-state index >= 15 is 0 Å². The van der Waals surface area contributed by atoms with Gasteiger partial charge in [0.05, 0.1) is 0 Å². The van der Waals surface area contributed by atoms with Crippen molar-refractivity contribution in [2.75, 3.05) is 67.0 Å². The van der Waals surface area contributed by atoms with Crippen molar-refractivity contribution < 1.29 is 4.79 Å². The SMILES string of the molecule is CN=C(NCCCCN1CCN(C)CC1)NCCc1cccc(C(=O)NC)c1.I. The van der Waals surface area contributed by atoms with Crippen molar-refractivity contribution in [2.45, 2.75) is 19.3 Å². The lowest BCUT2D eigenvalue weighted by Gasteiger charge is -2.32. The smallest absolute Gasteiger partial charge is 0.251 e. The highest BCUT2D eigenvalue weighted by Crippen LogP contribution is 2.06. The summed E-state index contributed by atoms with van der Waals surface area (Å²) in [5.74, 6) is 0.783. The molecule has 7 nitrogen and oxygen atoms in total. The van der Waals surface area contributed by atoms with Gasteiger partial charge in [-0.15, -0.1) is 24.0 Å². The molecule has 0 bridgehead atoms. The van der Waals surface area contributed by atoms with E-state index in [-0.39, 0.29) is 29.9 Å². The molecule has 0 spiro atoms. The Bertz CT molecular complexity index is 631. The van der Waals surface area contributed by atoms with Gasteiger partial charge in [-0.05, 0) is 50.6 Å². The summed E-state index contributed by atoms with van der Waals surface area (Å²) >= 11 is 0. The number of nitrogens with zero attached hydrogens (tertiary/aromatic N) is 3. The Labute approximate surface area is 192 Å². The maximum Gasteiger partial charge on any atom is 0.251 e. The zero-order valence-electron chi connectivity index (χ0n) is 18.0. The van der Waals surface area contributed by atoms with Crippen LogP contribution in [0, 0.1) is 0 Å². The molecule has 1 saturated heterocycles. The van der Waals surface area contributed by atoms with E-state index in [1.807, 2.05) is 24.3 Å². The van der Waals surface area contributed by atoms with Crippen LogP contribution >= 0.6 is 24.0 Å². The summed E-state index contributed by atoms with van der Waals surface area (Å²) in [5.41, 5.74) is 1.83. The Hall–Kier alpha value is -1.39. The van der Waals surface area contributed by atoms with Crippen LogP contribution in [0.5, 0.6) is 0 Å². The molecule has 29 heavy (non-hydrogen) atoms. The van der Waals surface area contributed by atoms with Crippen LogP contribution in [0.1, 0.15) is 28.8 Å². The van der Waals surface area contributed by atoms with Gasteiger partial charge < -0.3 is 25.8 Å². The van der Waals surface area contributed by atoms with Crippen molar-refractivity contribution in [3.8, 4) is 0 Å². The number of carbonyl (C=O) groups is 1. The number of piperazine rings is 1. The van der Waals surface area contributed by atoms with E-state index in [1.165, 1.54) is 39.1 Å². The lowest BCUT2D eigenvalue weighted by molar-refractivity contribution is 0.0963. The Morgan fingerprint density at radius 3 is 2.52 bits per heavy atom. The minimum absolute atomic E-state index is 0. The van der Waals surface area contributed by atoms with Gasteiger partial charge in [-0.2, -0.15) is 0 Å². The average molecular weight is 516 g/mol. The first-order valence-electron chi connectivity index (χ1n) is 10.3. The fourth-order valence-electron chi connectivity index (χ4n) is 3.30. The largest absolute Gasteiger partial charge is 0.356 e. The van der Waals surface area contributed by atoms with Crippen molar-refractivity contribution in [3.63, 3.8) is 0 Å². The predicted molar refractivity (Wildman–Crippen MR) is 131 cm³/mol. The highest BCUT2D eigenvalue weighted by Gasteiger charge is 2.12. The molecule has 164 valence electrons. The fourth-order valence-corrected chi connectivity index (χ4v) is 3.30. The number of likely N-dealkylation sites (N-methyl/N-ethyl adjacent to an activating group) is 1. The normalized spacial score (nSPS) is 15.5. The lowest BCUT2D eigenvalue weighted by atomic mass is 10.1. The Kier molecular flexibility index (Phi) is 12.9. The van der Waals surface area contributed by atoms with Gasteiger partial charge in [0, 0.05) is 58.9 Å². The standard InChI is InChI=1S/C21H36N6O.HI/c1-22-20(28)19-8-6-7-18(17-19)9-11-25-21(23-2)24-10-4-5-12-27-15-13-26(3)14-16-27;/h6-8,17H,4-5,9-16H2,1-3H3,(H,22,28)(H2,23,24,25);1H. The van der Waals surface area contributed by atoms with Crippen LogP contribution < -0.4 is 16.0 Å². The van der Waals surface area contributed by atoms with E-state index in [2.05, 4.69) is 37.8 Å². The van der Waals surface area contributed by atoms with Gasteiger partial charge >= 0.3 is 0 Å². The molecule has 1 amide bonds. The van der Waals surface area contributed by atoms with E-state index in [4.69, 9.17) is 0 Å². The van der Waals surface area contributed by atoms with Crippen LogP contribution in [-0.2, 0) is 6.42 Å². The van der Waals surface area contributed by atoms with Crippen LogP contribution in [-0.4, -0.2) is 88.6 Å². The summed E-state index contributed by atoms with van der Waals surface area (Å²) in [6.07, 6.45) is 3.19. The van der Waals surface area contributed by atoms with E-state index < -0.39 is 0 Å². The summed E-state index contributed by atoms with van der Waals surface area (Å²) < 4.78 is 0. The summed E-state index contributed by atoms with van der Waals surface area (Å²) in [7, 11) is 5.64. The summed E-state index contributed by atoms with van der Waals surface area (Å²) in [6, 6.07) is 7.74. The van der Waals surface area contributed by atoms with Gasteiger partial charge in [-0.1, -0.05) is 12.1 Å². The topological polar surface area (TPSA) is 72.0 Å². The average Bonchev–Trinajstić information content (AvgIpc) is 2.73. The molecule has 0 saturated carbocycles. The number of carbonyl (C=O) groups excluding carboxylic acids is 1. The van der Waals surface area contributed by atoms with Crippen molar-refractivity contribution in [3.05, 3.63) is 35.4 Å². The third-order valence-corrected chi connectivity index (χ3v) is 5.14. The summed E-state index contributed by atoms with van der Waals surface area (Å²) in [6.45, 7) is 7.63. The third-order valence-electron chi connectivity index (χ3n) is 5.14. The molecule has 0 aliphatic carbocycles. The molecule has 0 aromatic heterocycles. The van der Waals surface area contributed by atoms with Gasteiger partial charge in [0.2, 0.25) is 0 Å². The van der Waals surface area contributed by atoms with Crippen LogP contribution in [0.3, 0.4) is 0 Å². The molecule has 0 unspecified atom stereocenters. The first-order valence-corrected chi connectivity index (χ1v) is 10.3. The highest BCUT2D eigenvalue weighted by atomic mass is 127. The second-order valence-corrected chi connectivity index (χ2v) is 7.31. The molecule has 1 heterocycles. The molecule has 1 aliphatic heterocycles. The van der Waals surface area contributed by atoms with Gasteiger partial charge in [-0.3, -0.25) is 9.79 Å². The zero-order valence-corrected chi connectivity index (χ0v) is 20.4. The predicted octanol–water partition coefficient (Wildman–Crippen LogP) is 1.40. The Morgan fingerprint density at radius 2 is 1.83 bits per heavy atom. The lowest BCUT2D eigenvalue weighted by Crippen LogP contribution is -2.44. The second kappa shape index (κ2) is 14.6. The molecule has 2 rings (SSSR count). The second-order valence-electron chi connectivity index (χ2n) is 7.31. The Balaban J connectivity index is 0.00000420. The number of unbranched alkanes of at least 4 members (excludes halogenated alkanes) is 1. The number of aliphatic imine (C=N–C) groups is 1. The quantitative estimate of drug-likeness (QED) is 0.200. The molecule has 3 N–H and O–H groups in total. The van der Waals surface area contributed by atoms with E-state index in [0.29, 0.717) is 5.56 Å². The number of amides is 1. The molecule has 1 aliphatic rings. The fraction of sp³-hybridized carbons (Fsp3) is 0.619. The third kappa shape index (κ3) is 9.77. The molecule has 1 fully saturated rings. The van der Waals surface area contributed by atoms with Crippen LogP contribution in [0.2, 0.25) is 0 Å². The molecule has 0 atom stereocenters. The number of rotatable bonds is 9. The highest BCUT2D eigenvalue weighted by molar-refractivity contribution is 14.0. The summed E-state index contributed by atoms with van der Waals surface area (Å²) in [4.78, 5) is 21.0. The molecular formula is C21H37IN6O. The van der Waals surface area contributed by atoms with Crippen molar-refractivity contribution in [1.29, 1.82) is 0 Å². The van der Waals surface area contributed by atoms with Crippen LogP contribution in [0.25, 0.3) is 0 Å². The van der Waals surface area contributed by atoms with E-state index in [9.17, 15) is 4.79 Å². The first kappa shape index (κ1) is 25.6. The van der Waals surface area contributed by atoms with E-state index in [1.54, 1.807) is 14.1 Å². The maximum absolute atomic E-state index is 11.7. The molecule has 1 aromatic carbocycles. The van der Waals surface area contributed by atoms with Crippen molar-refractivity contribution in [2.24, 2.45) is 4.99 Å². The van der Waals surface area contributed by atoms with Crippen LogP contribution in [0.15, 0.2) is 29.3 Å². The molecular weight excluding hydrogens is 479 g/mol. The zero-order chi connectivity index (χ0) is 20.2. The number of benzene rings is 1. The number of halogens is 1. The summed E-state index contributed by atoms with van der Waals surface area (Å²) in [5, 5.41) is 9.39. The monoisotopic (exact) mass is 516 g/mol. The minimum atomic E-state index is -0.0520.